The van der Waals surface area contributed by atoms with Crippen LogP contribution in [0, 0.1) is 0 Å². The van der Waals surface area contributed by atoms with Crippen LogP contribution in [0.2, 0.25) is 0 Å². The largest absolute Gasteiger partial charge is 0.293 e. The lowest BCUT2D eigenvalue weighted by molar-refractivity contribution is 0.101. The summed E-state index contributed by atoms with van der Waals surface area (Å²) < 4.78 is 1.53. The standard InChI is InChI=1S/C10H9N3O/c1-8(14)10-7-11-12-13(10)9-5-3-2-4-6-9/h2-7H,1H3. The third-order valence-corrected chi connectivity index (χ3v) is 1.91. The van der Waals surface area contributed by atoms with E-state index < -0.39 is 0 Å². The summed E-state index contributed by atoms with van der Waals surface area (Å²) in [5.74, 6) is -0.0427. The minimum absolute atomic E-state index is 0.0427. The molecule has 0 spiro atoms. The predicted molar refractivity (Wildman–Crippen MR) is 51.4 cm³/mol. The fourth-order valence-corrected chi connectivity index (χ4v) is 1.23. The van der Waals surface area contributed by atoms with Crippen molar-refractivity contribution >= 4 is 5.78 Å². The molecular weight excluding hydrogens is 178 g/mol. The van der Waals surface area contributed by atoms with Gasteiger partial charge in [0.25, 0.3) is 0 Å². The maximum Gasteiger partial charge on any atom is 0.179 e. The lowest BCUT2D eigenvalue weighted by Gasteiger charge is -2.01. The Morgan fingerprint density at radius 1 is 1.29 bits per heavy atom. The van der Waals surface area contributed by atoms with Gasteiger partial charge in [0.15, 0.2) is 5.78 Å². The second-order valence-electron chi connectivity index (χ2n) is 2.92. The van der Waals surface area contributed by atoms with E-state index in [1.54, 1.807) is 0 Å². The molecule has 0 unspecified atom stereocenters. The zero-order chi connectivity index (χ0) is 9.97. The molecule has 1 aromatic carbocycles. The lowest BCUT2D eigenvalue weighted by Crippen LogP contribution is -2.05. The number of hydrogen-bond acceptors (Lipinski definition) is 3. The monoisotopic (exact) mass is 187 g/mol. The van der Waals surface area contributed by atoms with Crippen LogP contribution in [-0.4, -0.2) is 20.8 Å². The number of benzene rings is 1. The summed E-state index contributed by atoms with van der Waals surface area (Å²) in [6.07, 6.45) is 1.47. The molecule has 2 rings (SSSR count). The average molecular weight is 187 g/mol. The lowest BCUT2D eigenvalue weighted by atomic mass is 10.3. The van der Waals surface area contributed by atoms with Crippen LogP contribution >= 0.6 is 0 Å². The van der Waals surface area contributed by atoms with Gasteiger partial charge in [0.05, 0.1) is 11.9 Å². The third kappa shape index (κ3) is 1.42. The number of carbonyl (C=O) groups excluding carboxylic acids is 1. The van der Waals surface area contributed by atoms with Crippen LogP contribution in [0.4, 0.5) is 0 Å². The second-order valence-corrected chi connectivity index (χ2v) is 2.92. The van der Waals surface area contributed by atoms with Crippen LogP contribution < -0.4 is 0 Å². The first-order chi connectivity index (χ1) is 6.79. The van der Waals surface area contributed by atoms with Crippen molar-refractivity contribution in [3.8, 4) is 5.69 Å². The van der Waals surface area contributed by atoms with E-state index in [-0.39, 0.29) is 5.78 Å². The van der Waals surface area contributed by atoms with Gasteiger partial charge in [-0.25, -0.2) is 4.68 Å². The molecule has 70 valence electrons. The average Bonchev–Trinajstić information content (AvgIpc) is 2.67. The summed E-state index contributed by atoms with van der Waals surface area (Å²) in [6.45, 7) is 1.50. The second kappa shape index (κ2) is 3.41. The van der Waals surface area contributed by atoms with Crippen molar-refractivity contribution in [2.24, 2.45) is 0 Å². The summed E-state index contributed by atoms with van der Waals surface area (Å²) in [6, 6.07) is 9.44. The molecule has 0 fully saturated rings. The molecule has 0 aliphatic carbocycles. The van der Waals surface area contributed by atoms with Crippen molar-refractivity contribution in [1.82, 2.24) is 15.0 Å². The van der Waals surface area contributed by atoms with Gasteiger partial charge in [0.2, 0.25) is 0 Å². The van der Waals surface area contributed by atoms with E-state index in [9.17, 15) is 4.79 Å². The number of rotatable bonds is 2. The van der Waals surface area contributed by atoms with Crippen molar-refractivity contribution in [2.75, 3.05) is 0 Å². The van der Waals surface area contributed by atoms with Gasteiger partial charge < -0.3 is 0 Å². The summed E-state index contributed by atoms with van der Waals surface area (Å²) in [7, 11) is 0. The molecule has 0 amide bonds. The van der Waals surface area contributed by atoms with E-state index >= 15 is 0 Å². The quantitative estimate of drug-likeness (QED) is 0.669. The van der Waals surface area contributed by atoms with Crippen molar-refractivity contribution < 1.29 is 4.79 Å². The van der Waals surface area contributed by atoms with Crippen molar-refractivity contribution in [1.29, 1.82) is 0 Å². The maximum absolute atomic E-state index is 11.2. The fourth-order valence-electron chi connectivity index (χ4n) is 1.23. The first kappa shape index (κ1) is 8.62. The van der Waals surface area contributed by atoms with Crippen molar-refractivity contribution in [3.63, 3.8) is 0 Å². The Kier molecular flexibility index (Phi) is 2.10. The molecular formula is C10H9N3O. The maximum atomic E-state index is 11.2. The van der Waals surface area contributed by atoms with Crippen LogP contribution in [-0.2, 0) is 0 Å². The van der Waals surface area contributed by atoms with Crippen molar-refractivity contribution in [2.45, 2.75) is 6.92 Å². The summed E-state index contributed by atoms with van der Waals surface area (Å²) in [4.78, 5) is 11.2. The minimum atomic E-state index is -0.0427. The summed E-state index contributed by atoms with van der Waals surface area (Å²) in [5.41, 5.74) is 1.34. The Labute approximate surface area is 81.2 Å². The van der Waals surface area contributed by atoms with E-state index in [4.69, 9.17) is 0 Å². The van der Waals surface area contributed by atoms with Crippen LogP contribution in [0.1, 0.15) is 17.4 Å². The molecule has 0 saturated heterocycles. The molecule has 4 heteroatoms. The molecule has 0 saturated carbocycles. The molecule has 14 heavy (non-hydrogen) atoms. The minimum Gasteiger partial charge on any atom is -0.293 e. The number of aromatic nitrogens is 3. The first-order valence-corrected chi connectivity index (χ1v) is 4.26. The first-order valence-electron chi connectivity index (χ1n) is 4.26. The molecule has 0 aliphatic rings. The van der Waals surface area contributed by atoms with Gasteiger partial charge in [-0.2, -0.15) is 0 Å². The van der Waals surface area contributed by atoms with E-state index in [1.807, 2.05) is 30.3 Å². The summed E-state index contributed by atoms with van der Waals surface area (Å²) >= 11 is 0. The number of nitrogens with zero attached hydrogens (tertiary/aromatic N) is 3. The van der Waals surface area contributed by atoms with Gasteiger partial charge >= 0.3 is 0 Å². The van der Waals surface area contributed by atoms with Crippen LogP contribution in [0.25, 0.3) is 5.69 Å². The van der Waals surface area contributed by atoms with E-state index in [0.717, 1.165) is 5.69 Å². The number of Topliss-reactive ketones (excluding diaryl/α,β-unsaturated/α-hetero) is 1. The highest BCUT2D eigenvalue weighted by Gasteiger charge is 2.09. The highest BCUT2D eigenvalue weighted by Crippen LogP contribution is 2.08. The van der Waals surface area contributed by atoms with Gasteiger partial charge in [0, 0.05) is 6.92 Å². The zero-order valence-corrected chi connectivity index (χ0v) is 7.71. The molecule has 0 radical (unpaired) electrons. The number of para-hydroxylation sites is 1. The SMILES string of the molecule is CC(=O)c1cnnn1-c1ccccc1. The Morgan fingerprint density at radius 2 is 2.00 bits per heavy atom. The van der Waals surface area contributed by atoms with Gasteiger partial charge in [-0.15, -0.1) is 5.10 Å². The molecule has 0 N–H and O–H groups in total. The van der Waals surface area contributed by atoms with Crippen LogP contribution in [0.3, 0.4) is 0 Å². The summed E-state index contributed by atoms with van der Waals surface area (Å²) in [5, 5.41) is 7.57. The van der Waals surface area contributed by atoms with Gasteiger partial charge in [-0.1, -0.05) is 23.4 Å². The number of hydrogen-bond donors (Lipinski definition) is 0. The highest BCUT2D eigenvalue weighted by atomic mass is 16.1. The molecule has 0 aliphatic heterocycles. The number of ketones is 1. The molecule has 0 bridgehead atoms. The van der Waals surface area contributed by atoms with E-state index in [1.165, 1.54) is 17.8 Å². The van der Waals surface area contributed by atoms with E-state index in [0.29, 0.717) is 5.69 Å². The number of carbonyl (C=O) groups is 1. The molecule has 1 heterocycles. The Morgan fingerprint density at radius 3 is 2.64 bits per heavy atom. The molecule has 4 nitrogen and oxygen atoms in total. The normalized spacial score (nSPS) is 10.1. The zero-order valence-electron chi connectivity index (χ0n) is 7.71. The van der Waals surface area contributed by atoms with Gasteiger partial charge in [-0.3, -0.25) is 4.79 Å². The fraction of sp³-hybridized carbons (Fsp3) is 0.100. The van der Waals surface area contributed by atoms with Gasteiger partial charge in [-0.05, 0) is 12.1 Å². The van der Waals surface area contributed by atoms with Crippen molar-refractivity contribution in [3.05, 3.63) is 42.2 Å². The molecule has 2 aromatic rings. The smallest absolute Gasteiger partial charge is 0.179 e. The van der Waals surface area contributed by atoms with Gasteiger partial charge in [0.1, 0.15) is 5.69 Å². The Hall–Kier alpha value is -1.97. The van der Waals surface area contributed by atoms with Crippen LogP contribution in [0.15, 0.2) is 36.5 Å². The third-order valence-electron chi connectivity index (χ3n) is 1.91. The molecule has 0 atom stereocenters. The van der Waals surface area contributed by atoms with E-state index in [2.05, 4.69) is 10.3 Å². The highest BCUT2D eigenvalue weighted by molar-refractivity contribution is 5.92. The predicted octanol–water partition coefficient (Wildman–Crippen LogP) is 1.47. The van der Waals surface area contributed by atoms with Crippen LogP contribution in [0.5, 0.6) is 0 Å². The Balaban J connectivity index is 2.52. The Bertz CT molecular complexity index is 447. The molecule has 1 aromatic heterocycles. The topological polar surface area (TPSA) is 47.8 Å².